The first-order chi connectivity index (χ1) is 28.6. The van der Waals surface area contributed by atoms with E-state index in [0.717, 1.165) is 6.07 Å². The molecule has 6 aromatic carbocycles. The minimum Gasteiger partial charge on any atom is -0.744 e. The third kappa shape index (κ3) is 13.1. The average Bonchev–Trinajstić information content (AvgIpc) is 3.20. The van der Waals surface area contributed by atoms with E-state index in [4.69, 9.17) is 15.7 Å². The number of hydrogen-bond donors (Lipinski definition) is 5. The normalized spacial score (nSPS) is 12.2. The Balaban J connectivity index is 0.00000352. The van der Waals surface area contributed by atoms with Gasteiger partial charge in [-0.25, -0.2) is 16.8 Å². The predicted octanol–water partition coefficient (Wildman–Crippen LogP) is -7.13. The van der Waals surface area contributed by atoms with Crippen LogP contribution in [0.25, 0.3) is 32.7 Å². The summed E-state index contributed by atoms with van der Waals surface area (Å²) in [6, 6.07) is 15.7. The van der Waals surface area contributed by atoms with E-state index in [1.54, 1.807) is 12.1 Å². The number of azo groups is 2. The molecule has 0 aliphatic heterocycles. The minimum atomic E-state index is -5.27. The first-order valence-corrected chi connectivity index (χ1v) is 20.2. The summed E-state index contributed by atoms with van der Waals surface area (Å²) < 4.78 is 94.2. The van der Waals surface area contributed by atoms with Gasteiger partial charge in [0.1, 0.15) is 55.7 Å². The topological polar surface area (TPSA) is 377 Å². The summed E-state index contributed by atoms with van der Waals surface area (Å²) in [4.78, 5) is 11.1. The van der Waals surface area contributed by atoms with E-state index in [-0.39, 0.29) is 185 Å². The zero-order valence-corrected chi connectivity index (χ0v) is 44.7. The Morgan fingerprint density at radius 1 is 0.703 bits per heavy atom. The monoisotopic (exact) mass is 990 g/mol. The number of carbonyl (C=O) groups excluding carboxylic acids is 1. The van der Waals surface area contributed by atoms with Crippen LogP contribution in [0.4, 0.5) is 34.1 Å². The summed E-state index contributed by atoms with van der Waals surface area (Å²) in [5.74, 6) is -2.23. The molecule has 0 saturated carbocycles. The molecule has 0 aliphatic carbocycles. The van der Waals surface area contributed by atoms with E-state index in [1.807, 2.05) is 0 Å². The van der Waals surface area contributed by atoms with Gasteiger partial charge in [-0.3, -0.25) is 9.83 Å². The van der Waals surface area contributed by atoms with E-state index in [2.05, 4.69) is 34.0 Å². The Bertz CT molecular complexity index is 2950. The molecule has 6 rings (SSSR count). The fourth-order valence-corrected chi connectivity index (χ4v) is 7.45. The zero-order valence-electron chi connectivity index (χ0n) is 33.4. The number of phenolic OH excluding ortho intramolecular Hbond substituents is 2. The van der Waals surface area contributed by atoms with Crippen molar-refractivity contribution in [3.05, 3.63) is 83.9 Å². The van der Waals surface area contributed by atoms with Crippen LogP contribution in [0.1, 0.15) is 15.9 Å². The quantitative estimate of drug-likeness (QED) is 0.00734. The molecule has 0 saturated heterocycles. The molecule has 0 bridgehead atoms. The summed E-state index contributed by atoms with van der Waals surface area (Å²) in [5.41, 5.74) is 12.1. The molecule has 0 amide bonds. The van der Waals surface area contributed by atoms with E-state index in [1.165, 1.54) is 48.5 Å². The predicted molar refractivity (Wildman–Crippen MR) is 207 cm³/mol. The van der Waals surface area contributed by atoms with E-state index < -0.39 is 72.7 Å². The van der Waals surface area contributed by atoms with Crippen LogP contribution in [-0.2, 0) is 48.8 Å². The number of aliphatic hydroxyl groups is 1. The molecule has 2 unspecified atom stereocenters. The average molecular weight is 991 g/mol. The molecule has 312 valence electrons. The van der Waals surface area contributed by atoms with Crippen LogP contribution in [0, 0.1) is 0 Å². The molecule has 0 aromatic heterocycles. The van der Waals surface area contributed by atoms with Crippen molar-refractivity contribution < 1.29 is 192 Å². The number of rotatable bonds is 15. The number of benzene rings is 6. The smallest absolute Gasteiger partial charge is 0.744 e. The molecular weight excluding hydrogens is 969 g/mol. The van der Waals surface area contributed by atoms with Gasteiger partial charge in [-0.05, 0) is 59.7 Å². The van der Waals surface area contributed by atoms with Gasteiger partial charge in [-0.15, -0.1) is 15.3 Å². The molecule has 2 atom stereocenters. The fourth-order valence-electron chi connectivity index (χ4n) is 5.81. The molecule has 0 fully saturated rings. The second-order valence-corrected chi connectivity index (χ2v) is 15.1. The number of aldehydes is 1. The maximum Gasteiger partial charge on any atom is 1.00 e. The second-order valence-electron chi connectivity index (χ2n) is 11.8. The van der Waals surface area contributed by atoms with Crippen molar-refractivity contribution >= 4 is 107 Å². The molecular formula is C34H22N6Na4O16S4. The molecule has 0 aliphatic rings. The van der Waals surface area contributed by atoms with Crippen molar-refractivity contribution in [3.63, 3.8) is 0 Å². The Morgan fingerprint density at radius 3 is 1.67 bits per heavy atom. The standard InChI is InChI=1S/C34H26N6O16S4.4Na/c35-31-27(57-56-55-45)11-25(53-58(46)47)19-3-7-23(33(43)29(19)31)39-37-21-5-1-15(9-17(21)13-41)16-2-6-22(18(10-16)14-42)38-40-24-8-4-20-26(54-59(48)49)12-28(60(50,51)52)32(36)30(20)34(24)44;;;;/h1-13,42-45H,14,35-36H2,(H,46,47)(H,48,49)(H,50,51,52);;;;/q;4*+1/p-4. The van der Waals surface area contributed by atoms with Gasteiger partial charge < -0.3 is 54.1 Å². The fraction of sp³-hybridized carbons (Fsp3) is 0.0294. The molecule has 30 heteroatoms. The van der Waals surface area contributed by atoms with Crippen molar-refractivity contribution in [2.45, 2.75) is 16.4 Å². The molecule has 0 spiro atoms. The number of hydrogen-bond acceptors (Lipinski definition) is 23. The van der Waals surface area contributed by atoms with Crippen LogP contribution in [0.2, 0.25) is 0 Å². The van der Waals surface area contributed by atoms with E-state index in [9.17, 15) is 55.9 Å². The van der Waals surface area contributed by atoms with Crippen molar-refractivity contribution in [1.29, 1.82) is 0 Å². The van der Waals surface area contributed by atoms with Gasteiger partial charge in [0.25, 0.3) is 0 Å². The van der Waals surface area contributed by atoms with Crippen molar-refractivity contribution in [1.82, 2.24) is 0 Å². The van der Waals surface area contributed by atoms with Gasteiger partial charge in [0, 0.05) is 34.0 Å². The van der Waals surface area contributed by atoms with Gasteiger partial charge in [0.05, 0.1) is 62.0 Å². The number of carbonyl (C=O) groups is 1. The van der Waals surface area contributed by atoms with Crippen LogP contribution in [0.15, 0.2) is 103 Å². The number of nitrogen functional groups attached to an aromatic ring is 2. The summed E-state index contributed by atoms with van der Waals surface area (Å²) in [6.45, 7) is -0.564. The maximum atomic E-state index is 12.2. The SMILES string of the molecule is Nc1c(SOO[O-])cc(OS(=O)[O-])c2ccc(N=Nc3ccc(-c4ccc(N=Nc5ccc6c(OS(=O)[O-])cc(S(=O)(=O)[O-])c(N)c6c5O)c(CO)c4)cc3C=O)c(O)c12.[Na+].[Na+].[Na+].[Na+]. The summed E-state index contributed by atoms with van der Waals surface area (Å²) in [6.07, 6.45) is 0.493. The molecule has 0 radical (unpaired) electrons. The molecule has 6 aromatic rings. The number of anilines is 2. The first kappa shape index (κ1) is 58.0. The molecule has 7 N–H and O–H groups in total. The molecule has 64 heavy (non-hydrogen) atoms. The molecule has 22 nitrogen and oxygen atoms in total. The number of fused-ring (bicyclic) bond motifs is 2. The van der Waals surface area contributed by atoms with Crippen LogP contribution < -0.4 is 143 Å². The second kappa shape index (κ2) is 25.3. The summed E-state index contributed by atoms with van der Waals surface area (Å²) in [7, 11) is -5.27. The maximum absolute atomic E-state index is 12.2. The minimum absolute atomic E-state index is 0. The Morgan fingerprint density at radius 2 is 1.17 bits per heavy atom. The Labute approximate surface area is 459 Å². The van der Waals surface area contributed by atoms with Crippen molar-refractivity contribution in [2.24, 2.45) is 20.5 Å². The van der Waals surface area contributed by atoms with Gasteiger partial charge in [-0.2, -0.15) is 9.45 Å². The van der Waals surface area contributed by atoms with Crippen molar-refractivity contribution in [3.8, 4) is 34.1 Å². The number of aliphatic hydroxyl groups excluding tert-OH is 1. The van der Waals surface area contributed by atoms with Gasteiger partial charge in [0.2, 0.25) is 0 Å². The first-order valence-electron chi connectivity index (χ1n) is 16.0. The number of phenols is 2. The third-order valence-electron chi connectivity index (χ3n) is 8.44. The van der Waals surface area contributed by atoms with Crippen molar-refractivity contribution in [2.75, 3.05) is 11.5 Å². The third-order valence-corrected chi connectivity index (χ3v) is 10.6. The Kier molecular flexibility index (Phi) is 22.9. The van der Waals surface area contributed by atoms with Gasteiger partial charge >= 0.3 is 118 Å². The summed E-state index contributed by atoms with van der Waals surface area (Å²) >= 11 is -5.92. The van der Waals surface area contributed by atoms with Crippen LogP contribution >= 0.6 is 12.0 Å². The van der Waals surface area contributed by atoms with Crippen LogP contribution in [0.5, 0.6) is 23.0 Å². The number of nitrogens with two attached hydrogens (primary N) is 2. The molecule has 0 heterocycles. The van der Waals surface area contributed by atoms with Gasteiger partial charge in [-0.1, -0.05) is 12.1 Å². The van der Waals surface area contributed by atoms with E-state index >= 15 is 0 Å². The van der Waals surface area contributed by atoms with Crippen LogP contribution in [-0.4, -0.2) is 52.1 Å². The van der Waals surface area contributed by atoms with Crippen LogP contribution in [0.3, 0.4) is 0 Å². The van der Waals surface area contributed by atoms with E-state index in [0.29, 0.717) is 35.5 Å². The summed E-state index contributed by atoms with van der Waals surface area (Å²) in [5, 5.41) is 61.4. The Hall–Kier alpha value is -2.17. The number of nitrogens with zero attached hydrogens (tertiary/aromatic N) is 4. The zero-order chi connectivity index (χ0) is 43.5. The number of aromatic hydroxyl groups is 2. The largest absolute Gasteiger partial charge is 1.00 e. The van der Waals surface area contributed by atoms with Gasteiger partial charge in [0.15, 0.2) is 17.8 Å².